The van der Waals surface area contributed by atoms with Gasteiger partial charge in [-0.15, -0.1) is 0 Å². The molecule has 1 atom stereocenters. The van der Waals surface area contributed by atoms with Crippen LogP contribution in [0.4, 0.5) is 8.78 Å². The number of halogens is 3. The molecule has 0 spiro atoms. The third-order valence-corrected chi connectivity index (χ3v) is 7.10. The van der Waals surface area contributed by atoms with Crippen LogP contribution in [-0.4, -0.2) is 7.11 Å². The number of ether oxygens (including phenoxy) is 1. The third-order valence-electron chi connectivity index (χ3n) is 4.22. The van der Waals surface area contributed by atoms with Crippen molar-refractivity contribution >= 4 is 46.6 Å². The van der Waals surface area contributed by atoms with Crippen molar-refractivity contribution in [3.63, 3.8) is 0 Å². The Morgan fingerprint density at radius 2 is 1.48 bits per heavy atom. The molecule has 1 aromatic heterocycles. The van der Waals surface area contributed by atoms with Gasteiger partial charge >= 0.3 is 0 Å². The first kappa shape index (κ1) is 16.5. The van der Waals surface area contributed by atoms with Gasteiger partial charge in [0.25, 0.3) is 4.90 Å². The minimum atomic E-state index is -0.817. The molecule has 25 heavy (non-hydrogen) atoms. The van der Waals surface area contributed by atoms with Crippen molar-refractivity contribution in [2.45, 2.75) is 6.92 Å². The normalized spacial score (nSPS) is 12.1. The van der Waals surface area contributed by atoms with Crippen LogP contribution < -0.4 is 4.74 Å². The Morgan fingerprint density at radius 3 is 2.12 bits per heavy atom. The number of thiophene rings is 1. The lowest BCUT2D eigenvalue weighted by atomic mass is 10.1. The van der Waals surface area contributed by atoms with E-state index in [1.165, 1.54) is 19.2 Å². The lowest BCUT2D eigenvalue weighted by molar-refractivity contribution is 0.407. The molecule has 0 fully saturated rings. The van der Waals surface area contributed by atoms with Crippen LogP contribution in [-0.2, 0) is 0 Å². The van der Waals surface area contributed by atoms with Crippen LogP contribution >= 0.6 is 26.4 Å². The van der Waals surface area contributed by atoms with E-state index >= 15 is 0 Å². The second-order valence-corrected chi connectivity index (χ2v) is 8.68. The summed E-state index contributed by atoms with van der Waals surface area (Å²) in [4.78, 5) is 0.0898. The van der Waals surface area contributed by atoms with E-state index in [0.717, 1.165) is 30.2 Å². The number of hydrogen-bond acceptors (Lipinski definition) is 1. The molecule has 1 heterocycles. The molecule has 4 rings (SSSR count). The van der Waals surface area contributed by atoms with E-state index in [9.17, 15) is 8.78 Å². The molecular weight excluding hydrogens is 406 g/mol. The number of hydrogen-bond donors (Lipinski definition) is 0. The van der Waals surface area contributed by atoms with Gasteiger partial charge in [-0.25, -0.2) is 8.78 Å². The van der Waals surface area contributed by atoms with E-state index < -0.39 is 22.1 Å². The van der Waals surface area contributed by atoms with Gasteiger partial charge in [-0.1, -0.05) is 27.6 Å². The molecule has 0 bridgehead atoms. The fourth-order valence-corrected chi connectivity index (χ4v) is 5.84. The molecule has 0 saturated heterocycles. The molecule has 5 heteroatoms. The van der Waals surface area contributed by atoms with E-state index in [-0.39, 0.29) is 10.6 Å². The van der Waals surface area contributed by atoms with Gasteiger partial charge in [0, 0.05) is 43.9 Å². The van der Waals surface area contributed by atoms with Crippen molar-refractivity contribution < 1.29 is 13.5 Å². The SMILES string of the molecule is COc1cc(F)c(-[s+]2c3ccc(C)cc3c3cc(Br)ccc32)c(F)c1. The molecule has 4 aromatic rings. The van der Waals surface area contributed by atoms with Crippen molar-refractivity contribution in [2.24, 2.45) is 0 Å². The fraction of sp³-hybridized carbons (Fsp3) is 0.100. The second-order valence-electron chi connectivity index (χ2n) is 5.87. The van der Waals surface area contributed by atoms with Gasteiger partial charge in [-0.2, -0.15) is 0 Å². The van der Waals surface area contributed by atoms with E-state index in [1.807, 2.05) is 37.3 Å². The number of aryl methyl sites for hydroxylation is 1. The maximum Gasteiger partial charge on any atom is 0.251 e. The summed E-state index contributed by atoms with van der Waals surface area (Å²) in [5, 5.41) is 2.06. The molecule has 0 aliphatic rings. The van der Waals surface area contributed by atoms with Crippen molar-refractivity contribution in [3.8, 4) is 10.6 Å². The third kappa shape index (κ3) is 2.62. The van der Waals surface area contributed by atoms with Crippen molar-refractivity contribution in [1.29, 1.82) is 0 Å². The Labute approximate surface area is 155 Å². The second kappa shape index (κ2) is 6.07. The first-order valence-electron chi connectivity index (χ1n) is 7.67. The highest BCUT2D eigenvalue weighted by atomic mass is 79.9. The Balaban J connectivity index is 2.18. The van der Waals surface area contributed by atoms with Gasteiger partial charge < -0.3 is 4.74 Å². The first-order chi connectivity index (χ1) is 12.0. The summed E-state index contributed by atoms with van der Waals surface area (Å²) < 4.78 is 37.4. The van der Waals surface area contributed by atoms with Gasteiger partial charge in [0.2, 0.25) is 0 Å². The maximum absolute atomic E-state index is 14.8. The van der Waals surface area contributed by atoms with Crippen molar-refractivity contribution in [2.75, 3.05) is 7.11 Å². The Morgan fingerprint density at radius 1 is 0.880 bits per heavy atom. The molecule has 1 nitrogen and oxygen atoms in total. The summed E-state index contributed by atoms with van der Waals surface area (Å²) in [6, 6.07) is 14.4. The van der Waals surface area contributed by atoms with Crippen LogP contribution in [0.15, 0.2) is 53.0 Å². The quantitative estimate of drug-likeness (QED) is 0.315. The van der Waals surface area contributed by atoms with E-state index in [2.05, 4.69) is 22.0 Å². The van der Waals surface area contributed by atoms with Gasteiger partial charge in [0.15, 0.2) is 21.0 Å². The molecule has 0 radical (unpaired) electrons. The van der Waals surface area contributed by atoms with Crippen molar-refractivity contribution in [1.82, 2.24) is 0 Å². The zero-order chi connectivity index (χ0) is 17.7. The molecule has 0 aliphatic heterocycles. The zero-order valence-corrected chi connectivity index (χ0v) is 16.0. The van der Waals surface area contributed by atoms with Crippen LogP contribution in [0.5, 0.6) is 5.75 Å². The minimum Gasteiger partial charge on any atom is -0.497 e. The number of rotatable bonds is 2. The van der Waals surface area contributed by atoms with Crippen LogP contribution in [0.1, 0.15) is 5.56 Å². The standard InChI is InChI=1S/C20H14BrF2OS/c1-11-3-5-18-14(7-11)15-8-12(21)4-6-19(15)25(18)20-16(22)9-13(24-2)10-17(20)23/h3-10H,1-2H3/q+1. The van der Waals surface area contributed by atoms with E-state index in [4.69, 9.17) is 4.74 Å². The predicted octanol–water partition coefficient (Wildman–Crippen LogP) is 7.09. The molecular formula is C20H14BrF2OS+. The van der Waals surface area contributed by atoms with Crippen LogP contribution in [0, 0.1) is 18.6 Å². The van der Waals surface area contributed by atoms with E-state index in [1.54, 1.807) is 0 Å². The molecule has 3 aromatic carbocycles. The maximum atomic E-state index is 14.8. The summed E-state index contributed by atoms with van der Waals surface area (Å²) in [6.45, 7) is 2.02. The highest BCUT2D eigenvalue weighted by Gasteiger charge is 2.30. The van der Waals surface area contributed by atoms with Crippen LogP contribution in [0.2, 0.25) is 0 Å². The van der Waals surface area contributed by atoms with E-state index in [0.29, 0.717) is 0 Å². The average molecular weight is 420 g/mol. The first-order valence-corrected chi connectivity index (χ1v) is 9.69. The molecule has 1 unspecified atom stereocenters. The lowest BCUT2D eigenvalue weighted by Crippen LogP contribution is -1.90. The molecule has 0 amide bonds. The molecule has 0 aliphatic carbocycles. The van der Waals surface area contributed by atoms with Crippen LogP contribution in [0.3, 0.4) is 0 Å². The van der Waals surface area contributed by atoms with Gasteiger partial charge in [-0.3, -0.25) is 0 Å². The number of methoxy groups -OCH3 is 1. The summed E-state index contributed by atoms with van der Waals surface area (Å²) in [6.07, 6.45) is 0. The molecule has 0 saturated carbocycles. The summed E-state index contributed by atoms with van der Waals surface area (Å²) in [5.41, 5.74) is 1.12. The summed E-state index contributed by atoms with van der Waals surface area (Å²) in [7, 11) is 0.583. The summed E-state index contributed by atoms with van der Waals surface area (Å²) >= 11 is 3.50. The Bertz CT molecular complexity index is 1050. The summed E-state index contributed by atoms with van der Waals surface area (Å²) in [5.74, 6) is -0.980. The molecule has 0 N–H and O–H groups in total. The van der Waals surface area contributed by atoms with Gasteiger partial charge in [0.1, 0.15) is 5.75 Å². The number of fused-ring (bicyclic) bond motifs is 3. The Hall–Kier alpha value is -1.98. The zero-order valence-electron chi connectivity index (χ0n) is 13.6. The molecule has 126 valence electrons. The fourth-order valence-electron chi connectivity index (χ4n) is 3.11. The van der Waals surface area contributed by atoms with Crippen molar-refractivity contribution in [3.05, 3.63) is 70.2 Å². The van der Waals surface area contributed by atoms with Gasteiger partial charge in [-0.05, 0) is 31.2 Å². The van der Waals surface area contributed by atoms with Crippen LogP contribution in [0.25, 0.3) is 25.1 Å². The topological polar surface area (TPSA) is 9.23 Å². The monoisotopic (exact) mass is 419 g/mol. The average Bonchev–Trinajstić information content (AvgIpc) is 2.87. The lowest BCUT2D eigenvalue weighted by Gasteiger charge is -2.02. The minimum absolute atomic E-state index is 0.0898. The number of benzene rings is 3. The predicted molar refractivity (Wildman–Crippen MR) is 104 cm³/mol. The highest BCUT2D eigenvalue weighted by Crippen LogP contribution is 2.51. The smallest absolute Gasteiger partial charge is 0.251 e. The highest BCUT2D eigenvalue weighted by molar-refractivity contribution is 9.10. The Kier molecular flexibility index (Phi) is 4.01. The largest absolute Gasteiger partial charge is 0.497 e. The van der Waals surface area contributed by atoms with Gasteiger partial charge in [0.05, 0.1) is 7.11 Å².